The van der Waals surface area contributed by atoms with Crippen LogP contribution in [0.15, 0.2) is 0 Å². The molecule has 6 unspecified atom stereocenters. The van der Waals surface area contributed by atoms with Gasteiger partial charge in [0.15, 0.2) is 0 Å². The van der Waals surface area contributed by atoms with E-state index in [4.69, 9.17) is 111 Å². The first-order valence-corrected chi connectivity index (χ1v) is 122. The topological polar surface area (TPSA) is 249 Å². The molecular formula is C75H204O27Si27. The van der Waals surface area contributed by atoms with Crippen LogP contribution in [0.2, 0.25) is 349 Å². The van der Waals surface area contributed by atoms with E-state index >= 15 is 0 Å². The van der Waals surface area contributed by atoms with E-state index in [1.54, 1.807) is 0 Å². The average molecular weight is 2300 g/mol. The zero-order valence-electron chi connectivity index (χ0n) is 94.4. The predicted octanol–water partition coefficient (Wildman–Crippen LogP) is 27.2. The van der Waals surface area contributed by atoms with Gasteiger partial charge in [-0.2, -0.15) is 0 Å². The first-order valence-electron chi connectivity index (χ1n) is 48.3. The Morgan fingerprint density at radius 3 is 0.295 bits per heavy atom. The van der Waals surface area contributed by atoms with E-state index in [1.807, 2.05) is 0 Å². The van der Waals surface area contributed by atoms with Crippen LogP contribution in [0.25, 0.3) is 0 Å². The average Bonchev–Trinajstić information content (AvgIpc) is 0.791. The predicted molar refractivity (Wildman–Crippen MR) is 598 cm³/mol. The molecule has 6 saturated heterocycles. The summed E-state index contributed by atoms with van der Waals surface area (Å²) in [6.45, 7) is 129. The summed E-state index contributed by atoms with van der Waals surface area (Å²) in [5.74, 6) is 1.88. The van der Waals surface area contributed by atoms with Gasteiger partial charge < -0.3 is 111 Å². The minimum atomic E-state index is -2.53. The third kappa shape index (κ3) is 50.6. The van der Waals surface area contributed by atoms with E-state index in [9.17, 15) is 0 Å². The van der Waals surface area contributed by atoms with Gasteiger partial charge in [0.25, 0.3) is 0 Å². The Hall–Kier alpha value is 4.78. The molecule has 6 heterocycles. The molecule has 27 nitrogen and oxygen atoms in total. The lowest BCUT2D eigenvalue weighted by Crippen LogP contribution is -2.66. The van der Waals surface area contributed by atoms with Gasteiger partial charge in [-0.05, 0) is 367 Å². The second-order valence-electron chi connectivity index (χ2n) is 47.7. The van der Waals surface area contributed by atoms with Gasteiger partial charge in [0.2, 0.25) is 0 Å². The smallest absolute Gasteiger partial charge is 0.320 e. The summed E-state index contributed by atoms with van der Waals surface area (Å²) < 4.78 is 175. The normalized spacial score (nSPS) is 29.9. The van der Waals surface area contributed by atoms with Crippen molar-refractivity contribution in [2.24, 2.45) is 17.8 Å². The van der Waals surface area contributed by atoms with Crippen LogP contribution in [0.5, 0.6) is 0 Å². The third-order valence-electron chi connectivity index (χ3n) is 21.6. The largest absolute Gasteiger partial charge is 0.416 e. The molecule has 6 aliphatic rings. The molecule has 0 bridgehead atoms. The highest BCUT2D eigenvalue weighted by Crippen LogP contribution is 2.44. The molecule has 0 amide bonds. The van der Waals surface area contributed by atoms with Crippen LogP contribution in [0, 0.1) is 17.8 Å². The molecule has 0 aromatic rings. The molecule has 6 atom stereocenters. The maximum atomic E-state index is 6.79. The minimum absolute atomic E-state index is 0.341. The van der Waals surface area contributed by atoms with Crippen molar-refractivity contribution in [2.75, 3.05) is 0 Å². The van der Waals surface area contributed by atoms with Crippen molar-refractivity contribution in [1.29, 1.82) is 0 Å². The Bertz CT molecular complexity index is 3280. The van der Waals surface area contributed by atoms with Gasteiger partial charge in [-0.3, -0.25) is 0 Å². The Labute approximate surface area is 823 Å². The zero-order valence-corrected chi connectivity index (χ0v) is 121. The summed E-state index contributed by atoms with van der Waals surface area (Å²) in [4.78, 5) is 0. The molecule has 0 radical (unpaired) electrons. The second kappa shape index (κ2) is 47.3. The summed E-state index contributed by atoms with van der Waals surface area (Å²) in [5, 5.41) is 0. The number of rotatable bonds is 15. The van der Waals surface area contributed by atoms with E-state index in [2.05, 4.69) is 397 Å². The fourth-order valence-corrected chi connectivity index (χ4v) is 168. The lowest BCUT2D eigenvalue weighted by atomic mass is 10.2. The molecule has 0 N–H and O–H groups in total. The fourth-order valence-electron chi connectivity index (χ4n) is 19.8. The fraction of sp³-hybridized carbons (Fsp3) is 1.00. The van der Waals surface area contributed by atoms with E-state index in [-0.39, 0.29) is 0 Å². The van der Waals surface area contributed by atoms with Gasteiger partial charge >= 0.3 is 231 Å². The van der Waals surface area contributed by atoms with Crippen molar-refractivity contribution in [3.05, 3.63) is 0 Å². The van der Waals surface area contributed by atoms with Crippen LogP contribution in [-0.2, 0) is 111 Å². The van der Waals surface area contributed by atoms with Gasteiger partial charge in [-0.25, -0.2) is 0 Å². The Morgan fingerprint density at radius 1 is 0.124 bits per heavy atom. The van der Waals surface area contributed by atoms with E-state index in [0.717, 1.165) is 50.2 Å². The second-order valence-corrected chi connectivity index (χ2v) is 146. The van der Waals surface area contributed by atoms with E-state index in [0.29, 0.717) is 34.4 Å². The van der Waals surface area contributed by atoms with Crippen LogP contribution < -0.4 is 0 Å². The quantitative estimate of drug-likeness (QED) is 0.138. The lowest BCUT2D eigenvalue weighted by Gasteiger charge is -2.49. The molecule has 54 heteroatoms. The third-order valence-corrected chi connectivity index (χ3v) is 135. The molecular weight excluding hydrogens is 2090 g/mol. The van der Waals surface area contributed by atoms with E-state index < -0.39 is 231 Å². The summed E-state index contributed by atoms with van der Waals surface area (Å²) in [7, 11) is -61.6. The van der Waals surface area contributed by atoms with Crippen molar-refractivity contribution in [3.63, 3.8) is 0 Å². The highest BCUT2D eigenvalue weighted by Gasteiger charge is 2.61. The maximum Gasteiger partial charge on any atom is 0.320 e. The van der Waals surface area contributed by atoms with Crippen LogP contribution in [0.4, 0.5) is 0 Å². The highest BCUT2D eigenvalue weighted by molar-refractivity contribution is 6.99. The van der Waals surface area contributed by atoms with Crippen LogP contribution >= 0.6 is 0 Å². The highest BCUT2D eigenvalue weighted by atomic mass is 28.6. The molecule has 0 aromatic heterocycles. The molecule has 6 rings (SSSR count). The Kier molecular flexibility index (Phi) is 48.3. The van der Waals surface area contributed by atoms with Crippen molar-refractivity contribution >= 4 is 231 Å². The number of hydrogen-bond acceptors (Lipinski definition) is 27. The lowest BCUT2D eigenvalue weighted by molar-refractivity contribution is 0.225. The Balaban J connectivity index is 0.000000779. The molecule has 0 spiro atoms. The molecule has 774 valence electrons. The summed E-state index contributed by atoms with van der Waals surface area (Å²) in [6.07, 6.45) is 6.59. The standard InChI is InChI=1S/C15H42O6Si6.C14H38O5Si5.C13H36O5Si5.C12H32O4Si4.C11H30O4Si4.C10H26O3Si3/c1-14-15(2)27(13)20-25(9,10)18-23(5,6)16-22(3,4)17-24(7,8)19-26(11,12)21-27;1-12-14(2)13-24(11)18-22(7,8)16-20(3,4)15-21(5,6)17-23(9,10)19-24;1-12-13(2)23(11)17-21(7,8)15-19(3,4)14-20(5,6)16-22(9,10)18-23;1-10-12(2)11-20(9)15-18(5,6)13-17(3,4)14-19(7,8)16-20;1-10-11(2)19(9)14-17(5,6)12-16(3,4)13-18(7,8)15-19;1-8-10(2)9-16(7)12-14(3,4)11-15(5,6)13-16/h15H,14H2,1-13H3;14H,12-13H2,1-11H3;13H,12H2,1-11H3;12H,10-11H2,1-9H3;11H,10H2,1-9H3;10H,8-9H2,1-7H3. The SMILES string of the molecule is CCC(C)C[Si]1(C)O[Si](C)(C)O[Si](C)(C)O1.CCC(C)C[Si]1(C)O[Si](C)(C)O[Si](C)(C)O[Si](C)(C)O1.CCC(C)C[Si]1(C)O[Si](C)(C)O[Si](C)(C)O[Si](C)(C)O[Si](C)(C)O1.CCC(C)[Si]1(C)O[Si](C)(C)O[Si](C)(C)O[Si](C)(C)O1.CCC(C)[Si]1(C)O[Si](C)(C)O[Si](C)(C)O[Si](C)(C)O[Si](C)(C)O1.CCC(C)[Si]1(C)O[Si](C)(C)O[Si](C)(C)O[Si](C)(C)O[Si](C)(C)O[Si](C)(C)O1. The van der Waals surface area contributed by atoms with Crippen LogP contribution in [0.1, 0.15) is 122 Å². The van der Waals surface area contributed by atoms with Crippen molar-refractivity contribution in [2.45, 2.75) is 471 Å². The molecule has 0 aromatic carbocycles. The first kappa shape index (κ1) is 132. The van der Waals surface area contributed by atoms with Crippen LogP contribution in [0.3, 0.4) is 0 Å². The maximum absolute atomic E-state index is 6.79. The van der Waals surface area contributed by atoms with Crippen LogP contribution in [-0.4, -0.2) is 231 Å². The summed E-state index contributed by atoms with van der Waals surface area (Å²) >= 11 is 0. The van der Waals surface area contributed by atoms with Crippen molar-refractivity contribution in [3.8, 4) is 0 Å². The summed E-state index contributed by atoms with van der Waals surface area (Å²) in [5.41, 5.74) is 1.18. The van der Waals surface area contributed by atoms with Gasteiger partial charge in [0.1, 0.15) is 0 Å². The molecule has 129 heavy (non-hydrogen) atoms. The molecule has 6 fully saturated rings. The van der Waals surface area contributed by atoms with Gasteiger partial charge in [0, 0.05) is 0 Å². The zero-order chi connectivity index (χ0) is 102. The van der Waals surface area contributed by atoms with Crippen molar-refractivity contribution < 1.29 is 111 Å². The van der Waals surface area contributed by atoms with Gasteiger partial charge in [-0.1, -0.05) is 122 Å². The molecule has 0 aliphatic carbocycles. The Morgan fingerprint density at radius 2 is 0.209 bits per heavy atom. The molecule has 6 aliphatic heterocycles. The van der Waals surface area contributed by atoms with E-state index in [1.165, 1.54) is 6.42 Å². The molecule has 0 saturated carbocycles. The van der Waals surface area contributed by atoms with Crippen molar-refractivity contribution in [1.82, 2.24) is 0 Å². The minimum Gasteiger partial charge on any atom is -0.416 e. The first-order chi connectivity index (χ1) is 56.4. The van der Waals surface area contributed by atoms with Gasteiger partial charge in [-0.15, -0.1) is 0 Å². The number of hydrogen-bond donors (Lipinski definition) is 0. The summed E-state index contributed by atoms with van der Waals surface area (Å²) in [6, 6.07) is 3.10. The monoisotopic (exact) mass is 2290 g/mol. The van der Waals surface area contributed by atoms with Gasteiger partial charge in [0.05, 0.1) is 0 Å².